The van der Waals surface area contributed by atoms with Crippen LogP contribution in [0.4, 0.5) is 5.69 Å². The molecular formula is C14H22N2. The van der Waals surface area contributed by atoms with Crippen LogP contribution in [0.2, 0.25) is 0 Å². The standard InChI is InChI=1S/C12H16N2.C2H6/c1-5-14(11(4)13)12-7-6-9(2)8-10(12)3;1-2/h5-8,13H,1H2,2-4H3;1-2H3. The SMILES string of the molecule is C=CN(C(C)=N)c1ccc(C)cc1C.CC. The third-order valence-electron chi connectivity index (χ3n) is 2.16. The van der Waals surface area contributed by atoms with Crippen LogP contribution in [-0.4, -0.2) is 5.84 Å². The molecule has 1 rings (SSSR count). The lowest BCUT2D eigenvalue weighted by Gasteiger charge is -2.20. The molecule has 0 aliphatic carbocycles. The Morgan fingerprint density at radius 2 is 1.88 bits per heavy atom. The highest BCUT2D eigenvalue weighted by molar-refractivity contribution is 5.96. The maximum Gasteiger partial charge on any atom is 0.101 e. The summed E-state index contributed by atoms with van der Waals surface area (Å²) in [5.41, 5.74) is 3.42. The maximum absolute atomic E-state index is 7.59. The summed E-state index contributed by atoms with van der Waals surface area (Å²) >= 11 is 0. The van der Waals surface area contributed by atoms with Crippen molar-refractivity contribution in [3.63, 3.8) is 0 Å². The van der Waals surface area contributed by atoms with Crippen LogP contribution in [0.5, 0.6) is 0 Å². The van der Waals surface area contributed by atoms with Crippen LogP contribution in [-0.2, 0) is 0 Å². The predicted molar refractivity (Wildman–Crippen MR) is 73.3 cm³/mol. The van der Waals surface area contributed by atoms with E-state index in [1.165, 1.54) is 5.56 Å². The molecular weight excluding hydrogens is 196 g/mol. The predicted octanol–water partition coefficient (Wildman–Crippen LogP) is 4.28. The summed E-state index contributed by atoms with van der Waals surface area (Å²) in [7, 11) is 0. The molecule has 1 aromatic carbocycles. The van der Waals surface area contributed by atoms with Gasteiger partial charge in [0.2, 0.25) is 0 Å². The maximum atomic E-state index is 7.59. The molecule has 0 unspecified atom stereocenters. The Kier molecular flexibility index (Phi) is 6.16. The van der Waals surface area contributed by atoms with Crippen molar-refractivity contribution in [3.05, 3.63) is 42.1 Å². The van der Waals surface area contributed by atoms with E-state index in [9.17, 15) is 0 Å². The highest BCUT2D eigenvalue weighted by Gasteiger charge is 2.07. The number of anilines is 1. The first-order valence-corrected chi connectivity index (χ1v) is 5.60. The summed E-state index contributed by atoms with van der Waals surface area (Å²) in [6.45, 7) is 13.6. The number of amidine groups is 1. The molecule has 0 saturated heterocycles. The van der Waals surface area contributed by atoms with E-state index in [0.29, 0.717) is 5.84 Å². The lowest BCUT2D eigenvalue weighted by molar-refractivity contribution is 1.24. The van der Waals surface area contributed by atoms with Crippen molar-refractivity contribution in [1.29, 1.82) is 5.41 Å². The minimum absolute atomic E-state index is 0.479. The van der Waals surface area contributed by atoms with E-state index in [1.807, 2.05) is 32.9 Å². The Bertz CT molecular complexity index is 367. The molecule has 16 heavy (non-hydrogen) atoms. The van der Waals surface area contributed by atoms with Crippen LogP contribution in [0.15, 0.2) is 31.0 Å². The fourth-order valence-electron chi connectivity index (χ4n) is 1.49. The molecule has 0 radical (unpaired) electrons. The smallest absolute Gasteiger partial charge is 0.101 e. The van der Waals surface area contributed by atoms with Gasteiger partial charge in [0.15, 0.2) is 0 Å². The monoisotopic (exact) mass is 218 g/mol. The summed E-state index contributed by atoms with van der Waals surface area (Å²) in [6, 6.07) is 6.17. The third kappa shape index (κ3) is 3.54. The normalized spacial score (nSPS) is 8.81. The van der Waals surface area contributed by atoms with Gasteiger partial charge in [-0.25, -0.2) is 0 Å². The van der Waals surface area contributed by atoms with Crippen molar-refractivity contribution in [2.45, 2.75) is 34.6 Å². The molecule has 0 spiro atoms. The van der Waals surface area contributed by atoms with Crippen LogP contribution < -0.4 is 4.90 Å². The largest absolute Gasteiger partial charge is 0.306 e. The van der Waals surface area contributed by atoms with Crippen molar-refractivity contribution in [2.24, 2.45) is 0 Å². The summed E-state index contributed by atoms with van der Waals surface area (Å²) in [6.07, 6.45) is 1.67. The van der Waals surface area contributed by atoms with Crippen molar-refractivity contribution < 1.29 is 0 Å². The van der Waals surface area contributed by atoms with Gasteiger partial charge in [0.1, 0.15) is 5.84 Å². The molecule has 0 aliphatic heterocycles. The molecule has 1 N–H and O–H groups in total. The van der Waals surface area contributed by atoms with Gasteiger partial charge in [-0.3, -0.25) is 5.41 Å². The van der Waals surface area contributed by atoms with Crippen LogP contribution in [0, 0.1) is 19.3 Å². The zero-order valence-electron chi connectivity index (χ0n) is 11.0. The quantitative estimate of drug-likeness (QED) is 0.582. The zero-order valence-corrected chi connectivity index (χ0v) is 11.0. The van der Waals surface area contributed by atoms with Gasteiger partial charge in [-0.05, 0) is 32.4 Å². The first-order chi connectivity index (χ1) is 7.56. The number of hydrogen-bond donors (Lipinski definition) is 1. The average molecular weight is 218 g/mol. The van der Waals surface area contributed by atoms with E-state index < -0.39 is 0 Å². The van der Waals surface area contributed by atoms with E-state index in [0.717, 1.165) is 11.3 Å². The second-order valence-electron chi connectivity index (χ2n) is 3.43. The molecule has 0 atom stereocenters. The molecule has 0 saturated carbocycles. The van der Waals surface area contributed by atoms with Gasteiger partial charge < -0.3 is 4.90 Å². The van der Waals surface area contributed by atoms with Crippen LogP contribution in [0.1, 0.15) is 31.9 Å². The van der Waals surface area contributed by atoms with Crippen LogP contribution >= 0.6 is 0 Å². The minimum Gasteiger partial charge on any atom is -0.306 e. The van der Waals surface area contributed by atoms with Gasteiger partial charge in [0.25, 0.3) is 0 Å². The molecule has 0 aromatic heterocycles. The Balaban J connectivity index is 0.00000106. The Labute approximate surface area is 99.1 Å². The molecule has 1 aromatic rings. The number of hydrogen-bond acceptors (Lipinski definition) is 1. The van der Waals surface area contributed by atoms with Gasteiger partial charge in [-0.2, -0.15) is 0 Å². The molecule has 0 bridgehead atoms. The lowest BCUT2D eigenvalue weighted by atomic mass is 10.1. The van der Waals surface area contributed by atoms with E-state index in [1.54, 1.807) is 18.0 Å². The Morgan fingerprint density at radius 3 is 2.25 bits per heavy atom. The number of nitrogens with one attached hydrogen (secondary N) is 1. The van der Waals surface area contributed by atoms with Crippen molar-refractivity contribution >= 4 is 11.5 Å². The Hall–Kier alpha value is -1.57. The fourth-order valence-corrected chi connectivity index (χ4v) is 1.49. The van der Waals surface area contributed by atoms with Gasteiger partial charge in [-0.15, -0.1) is 0 Å². The highest BCUT2D eigenvalue weighted by atomic mass is 15.1. The fraction of sp³-hybridized carbons (Fsp3) is 0.357. The van der Waals surface area contributed by atoms with Crippen molar-refractivity contribution in [2.75, 3.05) is 4.90 Å². The zero-order chi connectivity index (χ0) is 12.7. The van der Waals surface area contributed by atoms with E-state index >= 15 is 0 Å². The highest BCUT2D eigenvalue weighted by Crippen LogP contribution is 2.21. The number of rotatable bonds is 2. The lowest BCUT2D eigenvalue weighted by Crippen LogP contribution is -2.21. The topological polar surface area (TPSA) is 27.1 Å². The number of nitrogens with zero attached hydrogens (tertiary/aromatic N) is 1. The van der Waals surface area contributed by atoms with E-state index in [2.05, 4.69) is 19.6 Å². The molecule has 0 fully saturated rings. The first kappa shape index (κ1) is 14.4. The molecule has 0 heterocycles. The van der Waals surface area contributed by atoms with Gasteiger partial charge in [-0.1, -0.05) is 38.1 Å². The van der Waals surface area contributed by atoms with E-state index in [4.69, 9.17) is 5.41 Å². The summed E-state index contributed by atoms with van der Waals surface area (Å²) in [4.78, 5) is 1.77. The van der Waals surface area contributed by atoms with Crippen molar-refractivity contribution in [3.8, 4) is 0 Å². The number of benzene rings is 1. The minimum atomic E-state index is 0.479. The summed E-state index contributed by atoms with van der Waals surface area (Å²) in [5.74, 6) is 0.479. The molecule has 0 aliphatic rings. The first-order valence-electron chi connectivity index (χ1n) is 5.60. The molecule has 88 valence electrons. The molecule has 2 nitrogen and oxygen atoms in total. The number of aryl methyl sites for hydroxylation is 2. The van der Waals surface area contributed by atoms with Crippen LogP contribution in [0.25, 0.3) is 0 Å². The third-order valence-corrected chi connectivity index (χ3v) is 2.16. The second kappa shape index (κ2) is 6.83. The summed E-state index contributed by atoms with van der Waals surface area (Å²) in [5, 5.41) is 7.59. The average Bonchev–Trinajstić information content (AvgIpc) is 2.24. The molecule has 0 amide bonds. The summed E-state index contributed by atoms with van der Waals surface area (Å²) < 4.78 is 0. The van der Waals surface area contributed by atoms with E-state index in [-0.39, 0.29) is 0 Å². The van der Waals surface area contributed by atoms with Crippen molar-refractivity contribution in [1.82, 2.24) is 0 Å². The van der Waals surface area contributed by atoms with Gasteiger partial charge >= 0.3 is 0 Å². The Morgan fingerprint density at radius 1 is 1.31 bits per heavy atom. The van der Waals surface area contributed by atoms with Gasteiger partial charge in [0, 0.05) is 11.9 Å². The van der Waals surface area contributed by atoms with Crippen LogP contribution in [0.3, 0.4) is 0 Å². The second-order valence-corrected chi connectivity index (χ2v) is 3.43. The van der Waals surface area contributed by atoms with Gasteiger partial charge in [0.05, 0.1) is 0 Å². The molecule has 2 heteroatoms.